The third-order valence-electron chi connectivity index (χ3n) is 2.79. The van der Waals surface area contributed by atoms with Crippen molar-refractivity contribution in [1.82, 2.24) is 0 Å². The summed E-state index contributed by atoms with van der Waals surface area (Å²) in [5.74, 6) is -0.0173. The van der Waals surface area contributed by atoms with Crippen molar-refractivity contribution in [3.63, 3.8) is 0 Å². The first-order chi connectivity index (χ1) is 9.31. The second-order valence-corrected chi connectivity index (χ2v) is 6.72. The molecule has 2 rings (SSSR count). The van der Waals surface area contributed by atoms with Gasteiger partial charge in [-0.3, -0.25) is 10.1 Å². The van der Waals surface area contributed by atoms with Crippen molar-refractivity contribution in [2.75, 3.05) is 5.32 Å². The Morgan fingerprint density at radius 1 is 1.40 bits per heavy atom. The van der Waals surface area contributed by atoms with E-state index in [2.05, 4.69) is 5.32 Å². The van der Waals surface area contributed by atoms with E-state index in [1.165, 1.54) is 11.3 Å². The minimum absolute atomic E-state index is 0.0173. The van der Waals surface area contributed by atoms with Gasteiger partial charge in [0.25, 0.3) is 0 Å². The molecule has 0 saturated carbocycles. The molecular formula is C14H16N2O3S. The van der Waals surface area contributed by atoms with E-state index in [0.29, 0.717) is 17.0 Å². The highest BCUT2D eigenvalue weighted by Crippen LogP contribution is 2.37. The third-order valence-corrected chi connectivity index (χ3v) is 3.96. The topological polar surface area (TPSA) is 79.2 Å². The lowest BCUT2D eigenvalue weighted by atomic mass is 9.95. The molecule has 1 aromatic rings. The Morgan fingerprint density at radius 3 is 2.70 bits per heavy atom. The second kappa shape index (κ2) is 5.25. The van der Waals surface area contributed by atoms with E-state index in [-0.39, 0.29) is 11.3 Å². The van der Waals surface area contributed by atoms with Crippen LogP contribution in [0, 0.1) is 11.3 Å². The van der Waals surface area contributed by atoms with E-state index >= 15 is 0 Å². The van der Waals surface area contributed by atoms with Crippen molar-refractivity contribution in [3.8, 4) is 6.07 Å². The van der Waals surface area contributed by atoms with Gasteiger partial charge in [0.2, 0.25) is 0 Å². The fraction of sp³-hybridized carbons (Fsp3) is 0.500. The number of nitriles is 1. The van der Waals surface area contributed by atoms with Gasteiger partial charge in [0.1, 0.15) is 16.7 Å². The van der Waals surface area contributed by atoms with Crippen LogP contribution in [0.25, 0.3) is 0 Å². The summed E-state index contributed by atoms with van der Waals surface area (Å²) in [4.78, 5) is 24.6. The van der Waals surface area contributed by atoms with E-state index in [0.717, 1.165) is 17.7 Å². The van der Waals surface area contributed by atoms with E-state index in [1.54, 1.807) is 20.8 Å². The van der Waals surface area contributed by atoms with Gasteiger partial charge < -0.3 is 4.74 Å². The molecule has 0 saturated heterocycles. The maximum Gasteiger partial charge on any atom is 0.412 e. The molecule has 1 N–H and O–H groups in total. The summed E-state index contributed by atoms with van der Waals surface area (Å²) in [7, 11) is 0. The van der Waals surface area contributed by atoms with Crippen LogP contribution < -0.4 is 5.32 Å². The molecule has 0 unspecified atom stereocenters. The quantitative estimate of drug-likeness (QED) is 0.859. The number of anilines is 1. The van der Waals surface area contributed by atoms with Crippen molar-refractivity contribution in [2.24, 2.45) is 0 Å². The zero-order valence-corrected chi connectivity index (χ0v) is 12.5. The molecule has 0 fully saturated rings. The van der Waals surface area contributed by atoms with E-state index in [4.69, 9.17) is 4.74 Å². The van der Waals surface area contributed by atoms with Crippen LogP contribution in [0.3, 0.4) is 0 Å². The number of nitrogens with zero attached hydrogens (tertiary/aromatic N) is 1. The van der Waals surface area contributed by atoms with Gasteiger partial charge in [-0.15, -0.1) is 11.3 Å². The predicted molar refractivity (Wildman–Crippen MR) is 76.2 cm³/mol. The van der Waals surface area contributed by atoms with Crippen LogP contribution in [0.4, 0.5) is 9.80 Å². The molecule has 106 valence electrons. The molecule has 1 amide bonds. The van der Waals surface area contributed by atoms with Crippen LogP contribution in [-0.2, 0) is 11.2 Å². The van der Waals surface area contributed by atoms with Crippen molar-refractivity contribution >= 4 is 28.2 Å². The molecule has 1 heterocycles. The molecule has 1 aliphatic carbocycles. The highest BCUT2D eigenvalue weighted by molar-refractivity contribution is 7.17. The first-order valence-corrected chi connectivity index (χ1v) is 7.22. The number of ketones is 1. The maximum absolute atomic E-state index is 11.9. The predicted octanol–water partition coefficient (Wildman–Crippen LogP) is 3.49. The monoisotopic (exact) mass is 292 g/mol. The average Bonchev–Trinajstić information content (AvgIpc) is 2.64. The first kappa shape index (κ1) is 14.5. The van der Waals surface area contributed by atoms with Crippen LogP contribution in [0.1, 0.15) is 54.4 Å². The number of ether oxygens (including phenoxy) is 1. The number of thiophene rings is 1. The first-order valence-electron chi connectivity index (χ1n) is 6.41. The lowest BCUT2D eigenvalue weighted by Gasteiger charge is -2.19. The summed E-state index contributed by atoms with van der Waals surface area (Å²) < 4.78 is 5.16. The van der Waals surface area contributed by atoms with E-state index < -0.39 is 11.7 Å². The SMILES string of the molecule is CC(C)(C)OC(=O)Nc1sc2c(c1C#N)C(=O)CCC2. The number of hydrogen-bond donors (Lipinski definition) is 1. The van der Waals surface area contributed by atoms with Crippen LogP contribution in [-0.4, -0.2) is 17.5 Å². The van der Waals surface area contributed by atoms with Gasteiger partial charge in [-0.2, -0.15) is 5.26 Å². The van der Waals surface area contributed by atoms with Gasteiger partial charge in [0, 0.05) is 11.3 Å². The molecule has 1 aromatic heterocycles. The third kappa shape index (κ3) is 2.99. The number of carbonyl (C=O) groups is 2. The molecule has 0 atom stereocenters. The maximum atomic E-state index is 11.9. The average molecular weight is 292 g/mol. The highest BCUT2D eigenvalue weighted by Gasteiger charge is 2.28. The van der Waals surface area contributed by atoms with Crippen LogP contribution in [0.2, 0.25) is 0 Å². The molecule has 1 aliphatic rings. The summed E-state index contributed by atoms with van der Waals surface area (Å²) >= 11 is 1.29. The zero-order chi connectivity index (χ0) is 14.9. The lowest BCUT2D eigenvalue weighted by Crippen LogP contribution is -2.27. The van der Waals surface area contributed by atoms with Gasteiger partial charge in [-0.05, 0) is 33.6 Å². The molecule has 20 heavy (non-hydrogen) atoms. The Balaban J connectivity index is 2.28. The van der Waals surface area contributed by atoms with E-state index in [1.807, 2.05) is 6.07 Å². The Bertz CT molecular complexity index is 605. The highest BCUT2D eigenvalue weighted by atomic mass is 32.1. The number of Topliss-reactive ketones (excluding diaryl/α,β-unsaturated/α-hetero) is 1. The Labute approximate surface area is 121 Å². The largest absolute Gasteiger partial charge is 0.444 e. The van der Waals surface area contributed by atoms with Gasteiger partial charge in [0.05, 0.1) is 11.1 Å². The number of amides is 1. The fourth-order valence-corrected chi connectivity index (χ4v) is 3.27. The van der Waals surface area contributed by atoms with Crippen molar-refractivity contribution in [1.29, 1.82) is 5.26 Å². The summed E-state index contributed by atoms with van der Waals surface area (Å²) in [5.41, 5.74) is 0.138. The Morgan fingerprint density at radius 2 is 2.10 bits per heavy atom. The Hall–Kier alpha value is -1.87. The molecule has 0 aliphatic heterocycles. The molecule has 5 nitrogen and oxygen atoms in total. The summed E-state index contributed by atoms with van der Waals surface area (Å²) in [6.07, 6.45) is 1.42. The minimum Gasteiger partial charge on any atom is -0.444 e. The summed E-state index contributed by atoms with van der Waals surface area (Å²) in [6, 6.07) is 2.02. The van der Waals surface area contributed by atoms with Crippen molar-refractivity contribution in [3.05, 3.63) is 16.0 Å². The standard InChI is InChI=1S/C14H16N2O3S/c1-14(2,3)19-13(18)16-12-8(7-15)11-9(17)5-4-6-10(11)20-12/h4-6H2,1-3H3,(H,16,18). The van der Waals surface area contributed by atoms with Gasteiger partial charge in [-0.25, -0.2) is 4.79 Å². The lowest BCUT2D eigenvalue weighted by molar-refractivity contribution is 0.0636. The molecule has 0 radical (unpaired) electrons. The smallest absolute Gasteiger partial charge is 0.412 e. The van der Waals surface area contributed by atoms with Crippen LogP contribution in [0.15, 0.2) is 0 Å². The van der Waals surface area contributed by atoms with Gasteiger partial charge in [-0.1, -0.05) is 0 Å². The second-order valence-electron chi connectivity index (χ2n) is 5.62. The minimum atomic E-state index is -0.611. The molecule has 6 heteroatoms. The van der Waals surface area contributed by atoms with Crippen molar-refractivity contribution in [2.45, 2.75) is 45.6 Å². The van der Waals surface area contributed by atoms with Crippen LogP contribution >= 0.6 is 11.3 Å². The summed E-state index contributed by atoms with van der Waals surface area (Å²) in [5, 5.41) is 12.2. The number of fused-ring (bicyclic) bond motifs is 1. The van der Waals surface area contributed by atoms with Crippen LogP contribution in [0.5, 0.6) is 0 Å². The number of nitrogens with one attached hydrogen (secondary N) is 1. The number of carbonyl (C=O) groups excluding carboxylic acids is 2. The zero-order valence-electron chi connectivity index (χ0n) is 11.7. The molecule has 0 bridgehead atoms. The Kier molecular flexibility index (Phi) is 3.82. The molecular weight excluding hydrogens is 276 g/mol. The van der Waals surface area contributed by atoms with Gasteiger partial charge >= 0.3 is 6.09 Å². The number of aryl methyl sites for hydroxylation is 1. The summed E-state index contributed by atoms with van der Waals surface area (Å²) in [6.45, 7) is 5.29. The fourth-order valence-electron chi connectivity index (χ4n) is 2.07. The van der Waals surface area contributed by atoms with E-state index in [9.17, 15) is 14.9 Å². The molecule has 0 aromatic carbocycles. The van der Waals surface area contributed by atoms with Crippen molar-refractivity contribution < 1.29 is 14.3 Å². The van der Waals surface area contributed by atoms with Gasteiger partial charge in [0.15, 0.2) is 5.78 Å². The molecule has 0 spiro atoms. The number of hydrogen-bond acceptors (Lipinski definition) is 5. The normalized spacial score (nSPS) is 14.4. The number of rotatable bonds is 1.